The Bertz CT molecular complexity index is 650. The van der Waals surface area contributed by atoms with Crippen LogP contribution in [0.3, 0.4) is 0 Å². The molecule has 2 aromatic carbocycles. The summed E-state index contributed by atoms with van der Waals surface area (Å²) in [6.07, 6.45) is 0.157. The molecule has 0 heterocycles. The number of hydrogen-bond donors (Lipinski definition) is 1. The van der Waals surface area contributed by atoms with Gasteiger partial charge in [0.05, 0.1) is 11.8 Å². The van der Waals surface area contributed by atoms with E-state index in [0.717, 1.165) is 23.7 Å². The predicted octanol–water partition coefficient (Wildman–Crippen LogP) is 5.40. The maximum absolute atomic E-state index is 6.02. The summed E-state index contributed by atoms with van der Waals surface area (Å²) >= 11 is 0. The monoisotopic (exact) mass is 327 g/mol. The topological polar surface area (TPSA) is 30.5 Å². The molecule has 2 aromatic rings. The van der Waals surface area contributed by atoms with Crippen molar-refractivity contribution in [2.45, 2.75) is 46.6 Å². The highest BCUT2D eigenvalue weighted by Gasteiger charge is 2.08. The van der Waals surface area contributed by atoms with Crippen molar-refractivity contribution < 1.29 is 9.47 Å². The van der Waals surface area contributed by atoms with Gasteiger partial charge in [0.1, 0.15) is 18.1 Å². The molecule has 130 valence electrons. The van der Waals surface area contributed by atoms with Crippen LogP contribution in [0.1, 0.15) is 44.7 Å². The highest BCUT2D eigenvalue weighted by Crippen LogP contribution is 2.28. The van der Waals surface area contributed by atoms with Crippen LogP contribution in [0.25, 0.3) is 0 Å². The molecule has 0 bridgehead atoms. The van der Waals surface area contributed by atoms with Gasteiger partial charge in [0, 0.05) is 6.54 Å². The summed E-state index contributed by atoms with van der Waals surface area (Å²) in [6, 6.07) is 14.4. The second kappa shape index (κ2) is 8.62. The first-order valence-corrected chi connectivity index (χ1v) is 8.70. The Morgan fingerprint density at radius 3 is 2.42 bits per heavy atom. The van der Waals surface area contributed by atoms with Gasteiger partial charge in [0.25, 0.3) is 0 Å². The number of hydrogen-bond acceptors (Lipinski definition) is 3. The van der Waals surface area contributed by atoms with Gasteiger partial charge in [-0.1, -0.05) is 38.1 Å². The first-order valence-electron chi connectivity index (χ1n) is 8.70. The Labute approximate surface area is 146 Å². The summed E-state index contributed by atoms with van der Waals surface area (Å²) in [6.45, 7) is 11.9. The van der Waals surface area contributed by atoms with Crippen LogP contribution in [0.5, 0.6) is 11.5 Å². The lowest BCUT2D eigenvalue weighted by Gasteiger charge is -2.17. The van der Waals surface area contributed by atoms with E-state index < -0.39 is 0 Å². The van der Waals surface area contributed by atoms with Crippen molar-refractivity contribution >= 4 is 5.69 Å². The van der Waals surface area contributed by atoms with Crippen LogP contribution in [0, 0.1) is 6.92 Å². The Hall–Kier alpha value is -2.16. The molecule has 0 spiro atoms. The summed E-state index contributed by atoms with van der Waals surface area (Å²) in [5.74, 6) is 2.32. The van der Waals surface area contributed by atoms with E-state index in [9.17, 15) is 0 Å². The zero-order valence-corrected chi connectivity index (χ0v) is 15.4. The largest absolute Gasteiger partial charge is 0.491 e. The van der Waals surface area contributed by atoms with E-state index >= 15 is 0 Å². The number of para-hydroxylation sites is 2. The van der Waals surface area contributed by atoms with Crippen molar-refractivity contribution in [3.63, 3.8) is 0 Å². The van der Waals surface area contributed by atoms with Crippen molar-refractivity contribution in [1.29, 1.82) is 0 Å². The maximum Gasteiger partial charge on any atom is 0.142 e. The highest BCUT2D eigenvalue weighted by molar-refractivity contribution is 5.56. The lowest BCUT2D eigenvalue weighted by Crippen LogP contribution is -2.14. The molecule has 1 N–H and O–H groups in total. The van der Waals surface area contributed by atoms with Gasteiger partial charge in [-0.05, 0) is 56.0 Å². The fourth-order valence-electron chi connectivity index (χ4n) is 2.56. The number of nitrogens with one attached hydrogen (secondary N) is 1. The minimum atomic E-state index is 0.157. The average molecular weight is 327 g/mol. The average Bonchev–Trinajstić information content (AvgIpc) is 2.52. The zero-order chi connectivity index (χ0) is 17.5. The van der Waals surface area contributed by atoms with Crippen LogP contribution in [0.2, 0.25) is 0 Å². The Morgan fingerprint density at radius 2 is 1.71 bits per heavy atom. The van der Waals surface area contributed by atoms with E-state index in [1.807, 2.05) is 38.1 Å². The minimum absolute atomic E-state index is 0.157. The molecule has 0 unspecified atom stereocenters. The quantitative estimate of drug-likeness (QED) is 0.659. The van der Waals surface area contributed by atoms with Crippen LogP contribution in [0.15, 0.2) is 42.5 Å². The Balaban J connectivity index is 1.93. The highest BCUT2D eigenvalue weighted by atomic mass is 16.5. The van der Waals surface area contributed by atoms with Crippen molar-refractivity contribution in [2.75, 3.05) is 18.5 Å². The first kappa shape index (κ1) is 18.2. The molecule has 0 aliphatic rings. The fraction of sp³-hybridized carbons (Fsp3) is 0.429. The third-order valence-electron chi connectivity index (χ3n) is 3.72. The van der Waals surface area contributed by atoms with E-state index in [1.165, 1.54) is 11.1 Å². The SMILES string of the molecule is Cc1ccc(C(C)C)c(OCCNc2ccccc2OC(C)C)c1. The number of anilines is 1. The van der Waals surface area contributed by atoms with Crippen LogP contribution >= 0.6 is 0 Å². The minimum Gasteiger partial charge on any atom is -0.491 e. The lowest BCUT2D eigenvalue weighted by atomic mass is 10.0. The van der Waals surface area contributed by atoms with Gasteiger partial charge in [-0.25, -0.2) is 0 Å². The molecule has 0 saturated carbocycles. The molecular formula is C21H29NO2. The molecule has 0 saturated heterocycles. The molecule has 3 heteroatoms. The van der Waals surface area contributed by atoms with Gasteiger partial charge in [0.2, 0.25) is 0 Å². The predicted molar refractivity (Wildman–Crippen MR) is 101 cm³/mol. The smallest absolute Gasteiger partial charge is 0.142 e. The second-order valence-electron chi connectivity index (χ2n) is 6.63. The molecule has 0 fully saturated rings. The molecular weight excluding hydrogens is 298 g/mol. The van der Waals surface area contributed by atoms with Gasteiger partial charge < -0.3 is 14.8 Å². The van der Waals surface area contributed by atoms with Crippen LogP contribution in [-0.2, 0) is 0 Å². The number of ether oxygens (including phenoxy) is 2. The molecule has 2 rings (SSSR count). The number of rotatable bonds is 8. The van der Waals surface area contributed by atoms with E-state index in [-0.39, 0.29) is 6.10 Å². The summed E-state index contributed by atoms with van der Waals surface area (Å²) in [5, 5.41) is 3.40. The van der Waals surface area contributed by atoms with Gasteiger partial charge in [0.15, 0.2) is 0 Å². The summed E-state index contributed by atoms with van der Waals surface area (Å²) < 4.78 is 11.8. The third-order valence-corrected chi connectivity index (χ3v) is 3.72. The Morgan fingerprint density at radius 1 is 0.958 bits per heavy atom. The van der Waals surface area contributed by atoms with Gasteiger partial charge in [-0.2, -0.15) is 0 Å². The number of benzene rings is 2. The third kappa shape index (κ3) is 5.19. The lowest BCUT2D eigenvalue weighted by molar-refractivity contribution is 0.243. The molecule has 3 nitrogen and oxygen atoms in total. The molecule has 24 heavy (non-hydrogen) atoms. The standard InChI is InChI=1S/C21H29NO2/c1-15(2)18-11-10-17(5)14-21(18)23-13-12-22-19-8-6-7-9-20(19)24-16(3)4/h6-11,14-16,22H,12-13H2,1-5H3. The zero-order valence-electron chi connectivity index (χ0n) is 15.4. The number of aryl methyl sites for hydroxylation is 1. The van der Waals surface area contributed by atoms with Gasteiger partial charge in [-0.3, -0.25) is 0 Å². The summed E-state index contributed by atoms with van der Waals surface area (Å²) in [5.41, 5.74) is 3.48. The van der Waals surface area contributed by atoms with Crippen molar-refractivity contribution in [3.05, 3.63) is 53.6 Å². The molecule has 0 aliphatic carbocycles. The molecule has 0 radical (unpaired) electrons. The van der Waals surface area contributed by atoms with Crippen LogP contribution in [-0.4, -0.2) is 19.3 Å². The molecule has 0 aliphatic heterocycles. The van der Waals surface area contributed by atoms with Crippen molar-refractivity contribution in [3.8, 4) is 11.5 Å². The fourth-order valence-corrected chi connectivity index (χ4v) is 2.56. The van der Waals surface area contributed by atoms with Crippen molar-refractivity contribution in [2.24, 2.45) is 0 Å². The van der Waals surface area contributed by atoms with Crippen LogP contribution in [0.4, 0.5) is 5.69 Å². The maximum atomic E-state index is 6.02. The summed E-state index contributed by atoms with van der Waals surface area (Å²) in [4.78, 5) is 0. The normalized spacial score (nSPS) is 11.0. The van der Waals surface area contributed by atoms with E-state index in [4.69, 9.17) is 9.47 Å². The molecule has 0 amide bonds. The molecule has 0 atom stereocenters. The van der Waals surface area contributed by atoms with E-state index in [0.29, 0.717) is 12.5 Å². The van der Waals surface area contributed by atoms with Crippen molar-refractivity contribution in [1.82, 2.24) is 0 Å². The second-order valence-corrected chi connectivity index (χ2v) is 6.63. The Kier molecular flexibility index (Phi) is 6.53. The van der Waals surface area contributed by atoms with Gasteiger partial charge in [-0.15, -0.1) is 0 Å². The van der Waals surface area contributed by atoms with Crippen LogP contribution < -0.4 is 14.8 Å². The molecule has 0 aromatic heterocycles. The summed E-state index contributed by atoms with van der Waals surface area (Å²) in [7, 11) is 0. The first-order chi connectivity index (χ1) is 11.5. The van der Waals surface area contributed by atoms with E-state index in [1.54, 1.807) is 0 Å². The van der Waals surface area contributed by atoms with Gasteiger partial charge >= 0.3 is 0 Å². The van der Waals surface area contributed by atoms with E-state index in [2.05, 4.69) is 44.3 Å².